The van der Waals surface area contributed by atoms with E-state index >= 15 is 0 Å². The van der Waals surface area contributed by atoms with Gasteiger partial charge in [0, 0.05) is 6.07 Å². The number of aliphatic hydroxyl groups is 4. The Kier molecular flexibility index (Phi) is 5.40. The maximum absolute atomic E-state index is 10.9. The molecular formula is C13H17NO8. The van der Waals surface area contributed by atoms with Crippen LogP contribution in [-0.4, -0.2) is 62.7 Å². The van der Waals surface area contributed by atoms with Gasteiger partial charge in [-0.2, -0.15) is 0 Å². The van der Waals surface area contributed by atoms with Crippen molar-refractivity contribution < 1.29 is 34.8 Å². The fourth-order valence-electron chi connectivity index (χ4n) is 2.19. The zero-order valence-corrected chi connectivity index (χ0v) is 11.5. The molecule has 122 valence electrons. The number of hydrogen-bond acceptors (Lipinski definition) is 8. The monoisotopic (exact) mass is 315 g/mol. The van der Waals surface area contributed by atoms with Crippen LogP contribution in [0.5, 0.6) is 0 Å². The van der Waals surface area contributed by atoms with Crippen LogP contribution >= 0.6 is 0 Å². The smallest absolute Gasteiger partial charge is 0.274 e. The highest BCUT2D eigenvalue weighted by atomic mass is 16.7. The fraction of sp³-hybridized carbons (Fsp3) is 0.538. The molecule has 5 atom stereocenters. The van der Waals surface area contributed by atoms with Gasteiger partial charge in [0.2, 0.25) is 0 Å². The van der Waals surface area contributed by atoms with Crippen molar-refractivity contribution in [3.05, 3.63) is 39.9 Å². The maximum Gasteiger partial charge on any atom is 0.274 e. The molecule has 4 N–H and O–H groups in total. The molecule has 0 bridgehead atoms. The predicted molar refractivity (Wildman–Crippen MR) is 71.7 cm³/mol. The van der Waals surface area contributed by atoms with Gasteiger partial charge in [-0.3, -0.25) is 10.1 Å². The van der Waals surface area contributed by atoms with Crippen LogP contribution in [0.4, 0.5) is 5.69 Å². The summed E-state index contributed by atoms with van der Waals surface area (Å²) in [5.41, 5.74) is 0.122. The van der Waals surface area contributed by atoms with Crippen molar-refractivity contribution >= 4 is 5.69 Å². The normalized spacial score (nSPS) is 31.9. The van der Waals surface area contributed by atoms with Crippen LogP contribution in [0, 0.1) is 10.1 Å². The summed E-state index contributed by atoms with van der Waals surface area (Å²) in [6, 6.07) is 5.91. The van der Waals surface area contributed by atoms with Gasteiger partial charge in [-0.15, -0.1) is 0 Å². The van der Waals surface area contributed by atoms with Gasteiger partial charge >= 0.3 is 0 Å². The van der Waals surface area contributed by atoms with Gasteiger partial charge in [-0.1, -0.05) is 12.1 Å². The van der Waals surface area contributed by atoms with Crippen LogP contribution in [0.2, 0.25) is 0 Å². The van der Waals surface area contributed by atoms with E-state index in [2.05, 4.69) is 0 Å². The summed E-state index contributed by atoms with van der Waals surface area (Å²) < 4.78 is 10.4. The van der Waals surface area contributed by atoms with Gasteiger partial charge in [0.15, 0.2) is 6.29 Å². The number of hydrogen-bond donors (Lipinski definition) is 4. The molecule has 1 saturated heterocycles. The Balaban J connectivity index is 2.06. The first-order valence-electron chi connectivity index (χ1n) is 6.60. The molecule has 1 aliphatic rings. The molecule has 1 aromatic rings. The molecule has 0 aliphatic carbocycles. The number of nitro groups is 1. The van der Waals surface area contributed by atoms with Gasteiger partial charge in [0.25, 0.3) is 5.69 Å². The Morgan fingerprint density at radius 2 is 1.86 bits per heavy atom. The topological polar surface area (TPSA) is 143 Å². The zero-order valence-electron chi connectivity index (χ0n) is 11.5. The molecule has 0 radical (unpaired) electrons. The minimum Gasteiger partial charge on any atom is -0.394 e. The average molecular weight is 315 g/mol. The van der Waals surface area contributed by atoms with Gasteiger partial charge in [0.05, 0.1) is 23.7 Å². The Bertz CT molecular complexity index is 523. The molecule has 2 rings (SSSR count). The standard InChI is InChI=1S/C13H17NO8/c15-5-9-10(16)11(17)12(18)13(22-9)21-6-7-3-1-2-4-8(7)14(19)20/h1-4,9-13,15-18H,5-6H2/t9-,10+,11+,12-,13-/m1/s1. The van der Waals surface area contributed by atoms with E-state index in [1.807, 2.05) is 0 Å². The van der Waals surface area contributed by atoms with E-state index in [0.717, 1.165) is 0 Å². The second-order valence-electron chi connectivity index (χ2n) is 4.89. The first-order valence-corrected chi connectivity index (χ1v) is 6.60. The van der Waals surface area contributed by atoms with Crippen LogP contribution in [0.25, 0.3) is 0 Å². The van der Waals surface area contributed by atoms with Crippen LogP contribution in [0.3, 0.4) is 0 Å². The lowest BCUT2D eigenvalue weighted by Crippen LogP contribution is -2.59. The maximum atomic E-state index is 10.9. The summed E-state index contributed by atoms with van der Waals surface area (Å²) >= 11 is 0. The molecule has 1 aromatic carbocycles. The van der Waals surface area contributed by atoms with Crippen molar-refractivity contribution in [1.82, 2.24) is 0 Å². The molecule has 9 nitrogen and oxygen atoms in total. The van der Waals surface area contributed by atoms with Crippen LogP contribution in [0.15, 0.2) is 24.3 Å². The van der Waals surface area contributed by atoms with E-state index < -0.39 is 42.2 Å². The Labute approximate surface area is 125 Å². The Morgan fingerprint density at radius 3 is 2.50 bits per heavy atom. The van der Waals surface area contributed by atoms with Gasteiger partial charge < -0.3 is 29.9 Å². The van der Waals surface area contributed by atoms with Gasteiger partial charge in [0.1, 0.15) is 24.4 Å². The van der Waals surface area contributed by atoms with Gasteiger partial charge in [-0.25, -0.2) is 0 Å². The van der Waals surface area contributed by atoms with Crippen molar-refractivity contribution in [2.24, 2.45) is 0 Å². The quantitative estimate of drug-likeness (QED) is 0.396. The molecule has 22 heavy (non-hydrogen) atoms. The summed E-state index contributed by atoms with van der Waals surface area (Å²) in [5.74, 6) is 0. The lowest BCUT2D eigenvalue weighted by atomic mass is 9.99. The summed E-state index contributed by atoms with van der Waals surface area (Å²) in [6.45, 7) is -0.809. The number of para-hydroxylation sites is 1. The van der Waals surface area contributed by atoms with E-state index in [9.17, 15) is 25.4 Å². The predicted octanol–water partition coefficient (Wildman–Crippen LogP) is -1.09. The van der Waals surface area contributed by atoms with Gasteiger partial charge in [-0.05, 0) is 6.07 Å². The molecule has 0 spiro atoms. The highest BCUT2D eigenvalue weighted by Gasteiger charge is 2.44. The molecule has 0 saturated carbocycles. The van der Waals surface area contributed by atoms with Crippen LogP contribution < -0.4 is 0 Å². The van der Waals surface area contributed by atoms with Crippen molar-refractivity contribution in [1.29, 1.82) is 0 Å². The zero-order chi connectivity index (χ0) is 16.3. The highest BCUT2D eigenvalue weighted by Crippen LogP contribution is 2.24. The van der Waals surface area contributed by atoms with E-state index in [1.165, 1.54) is 18.2 Å². The molecule has 0 unspecified atom stereocenters. The summed E-state index contributed by atoms with van der Waals surface area (Å²) in [4.78, 5) is 10.3. The van der Waals surface area contributed by atoms with E-state index in [1.54, 1.807) is 6.07 Å². The van der Waals surface area contributed by atoms with E-state index in [0.29, 0.717) is 0 Å². The second kappa shape index (κ2) is 7.09. The van der Waals surface area contributed by atoms with E-state index in [4.69, 9.17) is 14.6 Å². The lowest BCUT2D eigenvalue weighted by molar-refractivity contribution is -0.386. The summed E-state index contributed by atoms with van der Waals surface area (Å²) in [7, 11) is 0. The first-order chi connectivity index (χ1) is 10.5. The third kappa shape index (κ3) is 3.40. The minimum absolute atomic E-state index is 0.146. The molecule has 0 amide bonds. The molecule has 1 aliphatic heterocycles. The molecule has 9 heteroatoms. The largest absolute Gasteiger partial charge is 0.394 e. The number of nitro benzene ring substituents is 1. The Hall–Kier alpha value is -1.62. The third-order valence-corrected chi connectivity index (χ3v) is 3.44. The lowest BCUT2D eigenvalue weighted by Gasteiger charge is -2.39. The van der Waals surface area contributed by atoms with Crippen LogP contribution in [-0.2, 0) is 16.1 Å². The number of ether oxygens (including phenoxy) is 2. The molecule has 1 heterocycles. The van der Waals surface area contributed by atoms with Crippen molar-refractivity contribution in [3.8, 4) is 0 Å². The highest BCUT2D eigenvalue weighted by molar-refractivity contribution is 5.39. The SMILES string of the molecule is O=[N+]([O-])c1ccccc1CO[C@@H]1O[C@H](CO)[C@H](O)[C@H](O)[C@H]1O. The van der Waals surface area contributed by atoms with Crippen LogP contribution in [0.1, 0.15) is 5.56 Å². The third-order valence-electron chi connectivity index (χ3n) is 3.44. The number of aliphatic hydroxyl groups excluding tert-OH is 4. The van der Waals surface area contributed by atoms with Crippen molar-refractivity contribution in [3.63, 3.8) is 0 Å². The summed E-state index contributed by atoms with van der Waals surface area (Å²) in [5, 5.41) is 49.0. The molecule has 1 fully saturated rings. The minimum atomic E-state index is -1.55. The molecule has 0 aromatic heterocycles. The fourth-order valence-corrected chi connectivity index (χ4v) is 2.19. The first kappa shape index (κ1) is 16.7. The molecular weight excluding hydrogens is 298 g/mol. The number of rotatable bonds is 5. The van der Waals surface area contributed by atoms with Crippen molar-refractivity contribution in [2.75, 3.05) is 6.61 Å². The van der Waals surface area contributed by atoms with E-state index in [-0.39, 0.29) is 17.9 Å². The number of benzene rings is 1. The average Bonchev–Trinajstić information content (AvgIpc) is 2.52. The second-order valence-corrected chi connectivity index (χ2v) is 4.89. The number of nitrogens with zero attached hydrogens (tertiary/aromatic N) is 1. The summed E-state index contributed by atoms with van der Waals surface area (Å²) in [6.07, 6.45) is -6.99. The Morgan fingerprint density at radius 1 is 1.18 bits per heavy atom. The van der Waals surface area contributed by atoms with Crippen molar-refractivity contribution in [2.45, 2.75) is 37.3 Å².